The van der Waals surface area contributed by atoms with Crippen LogP contribution in [0.15, 0.2) is 89.8 Å². The first-order valence-corrected chi connectivity index (χ1v) is 12.1. The molecule has 0 fully saturated rings. The quantitative estimate of drug-likeness (QED) is 0.406. The monoisotopic (exact) mass is 472 g/mol. The molecule has 0 radical (unpaired) electrons. The number of hydrogen-bond acceptors (Lipinski definition) is 5. The van der Waals surface area contributed by atoms with Crippen LogP contribution in [0.2, 0.25) is 0 Å². The van der Waals surface area contributed by atoms with Crippen LogP contribution in [-0.4, -0.2) is 26.8 Å². The van der Waals surface area contributed by atoms with Crippen molar-refractivity contribution in [2.75, 3.05) is 16.2 Å². The summed E-state index contributed by atoms with van der Waals surface area (Å²) in [6.07, 6.45) is 0. The molecule has 0 bridgehead atoms. The Kier molecular flexibility index (Phi) is 5.30. The Bertz CT molecular complexity index is 1510. The Balaban J connectivity index is 1.56. The van der Waals surface area contributed by atoms with Gasteiger partial charge in [-0.1, -0.05) is 36.4 Å². The third-order valence-corrected chi connectivity index (χ3v) is 7.04. The first kappa shape index (κ1) is 21.7. The highest BCUT2D eigenvalue weighted by molar-refractivity contribution is 7.93. The highest BCUT2D eigenvalue weighted by atomic mass is 32.2. The number of carbonyl (C=O) groups is 2. The minimum Gasteiger partial charge on any atom is -0.494 e. The number of fused-ring (bicyclic) bond motifs is 2. The summed E-state index contributed by atoms with van der Waals surface area (Å²) in [5.74, 6) is -0.232. The van der Waals surface area contributed by atoms with Gasteiger partial charge in [-0.2, -0.15) is 0 Å². The largest absolute Gasteiger partial charge is 0.494 e. The Morgan fingerprint density at radius 2 is 1.35 bits per heavy atom. The summed E-state index contributed by atoms with van der Waals surface area (Å²) in [6.45, 7) is 2.38. The maximum atomic E-state index is 13.3. The van der Waals surface area contributed by atoms with Gasteiger partial charge < -0.3 is 4.74 Å². The number of anilines is 2. The molecule has 1 N–H and O–H groups in total. The molecule has 170 valence electrons. The lowest BCUT2D eigenvalue weighted by atomic mass is 10.1. The van der Waals surface area contributed by atoms with Crippen molar-refractivity contribution in [1.82, 2.24) is 0 Å². The minimum atomic E-state index is -3.97. The summed E-state index contributed by atoms with van der Waals surface area (Å²) in [5.41, 5.74) is 1.37. The second-order valence-electron chi connectivity index (χ2n) is 7.68. The van der Waals surface area contributed by atoms with Gasteiger partial charge in [-0.25, -0.2) is 13.3 Å². The van der Waals surface area contributed by atoms with Crippen molar-refractivity contribution in [3.05, 3.63) is 96.1 Å². The van der Waals surface area contributed by atoms with Gasteiger partial charge in [0, 0.05) is 16.5 Å². The number of benzene rings is 4. The van der Waals surface area contributed by atoms with Crippen LogP contribution < -0.4 is 14.4 Å². The van der Waals surface area contributed by atoms with E-state index in [4.69, 9.17) is 4.74 Å². The molecule has 0 atom stereocenters. The SMILES string of the molecule is CCOc1ccc(NS(=O)(=O)c2ccc(N3C(=O)c4ccccc4C3=O)c3ccccc23)cc1. The molecule has 1 heterocycles. The van der Waals surface area contributed by atoms with E-state index in [1.807, 2.05) is 6.92 Å². The zero-order valence-electron chi connectivity index (χ0n) is 18.2. The molecule has 5 rings (SSSR count). The fourth-order valence-corrected chi connectivity index (χ4v) is 5.36. The normalized spacial score (nSPS) is 13.3. The lowest BCUT2D eigenvalue weighted by molar-refractivity contribution is 0.0926. The van der Waals surface area contributed by atoms with Gasteiger partial charge in [0.1, 0.15) is 5.75 Å². The van der Waals surface area contributed by atoms with Crippen molar-refractivity contribution in [2.45, 2.75) is 11.8 Å². The summed E-state index contributed by atoms with van der Waals surface area (Å²) in [5, 5.41) is 0.876. The molecular formula is C26H20N2O5S. The van der Waals surface area contributed by atoms with E-state index in [0.717, 1.165) is 4.90 Å². The van der Waals surface area contributed by atoms with Crippen molar-refractivity contribution in [1.29, 1.82) is 0 Å². The van der Waals surface area contributed by atoms with Crippen molar-refractivity contribution in [3.63, 3.8) is 0 Å². The van der Waals surface area contributed by atoms with Crippen molar-refractivity contribution in [2.24, 2.45) is 0 Å². The number of imide groups is 1. The first-order chi connectivity index (χ1) is 16.4. The zero-order valence-corrected chi connectivity index (χ0v) is 19.0. The van der Waals surface area contributed by atoms with Gasteiger partial charge >= 0.3 is 0 Å². The zero-order chi connectivity index (χ0) is 23.9. The third kappa shape index (κ3) is 3.58. The van der Waals surface area contributed by atoms with Crippen molar-refractivity contribution >= 4 is 44.0 Å². The Labute approximate surface area is 196 Å². The number of ether oxygens (including phenoxy) is 1. The van der Waals surface area contributed by atoms with Gasteiger partial charge in [0.15, 0.2) is 0 Å². The molecule has 0 saturated carbocycles. The molecule has 8 heteroatoms. The molecule has 0 aromatic heterocycles. The number of nitrogens with one attached hydrogen (secondary N) is 1. The molecule has 1 aliphatic rings. The molecule has 0 saturated heterocycles. The number of nitrogens with zero attached hydrogens (tertiary/aromatic N) is 1. The average molecular weight is 473 g/mol. The van der Waals surface area contributed by atoms with Crippen LogP contribution in [0.4, 0.5) is 11.4 Å². The Morgan fingerprint density at radius 1 is 0.765 bits per heavy atom. The van der Waals surface area contributed by atoms with Crippen LogP contribution in [0.5, 0.6) is 5.75 Å². The van der Waals surface area contributed by atoms with Gasteiger partial charge in [0.25, 0.3) is 21.8 Å². The first-order valence-electron chi connectivity index (χ1n) is 10.7. The van der Waals surface area contributed by atoms with E-state index in [1.54, 1.807) is 72.8 Å². The summed E-state index contributed by atoms with van der Waals surface area (Å²) >= 11 is 0. The predicted octanol–water partition coefficient (Wildman–Crippen LogP) is 4.84. The third-order valence-electron chi connectivity index (χ3n) is 5.60. The lowest BCUT2D eigenvalue weighted by Gasteiger charge is -2.19. The van der Waals surface area contributed by atoms with E-state index in [2.05, 4.69) is 4.72 Å². The summed E-state index contributed by atoms with van der Waals surface area (Å²) in [4.78, 5) is 27.2. The molecule has 4 aromatic rings. The van der Waals surface area contributed by atoms with Crippen molar-refractivity contribution in [3.8, 4) is 5.75 Å². The summed E-state index contributed by atoms with van der Waals surface area (Å²) < 4.78 is 34.5. The molecule has 4 aromatic carbocycles. The number of carbonyl (C=O) groups excluding carboxylic acids is 2. The number of rotatable bonds is 6. The van der Waals surface area contributed by atoms with E-state index >= 15 is 0 Å². The second kappa shape index (κ2) is 8.31. The fraction of sp³-hybridized carbons (Fsp3) is 0.0769. The van der Waals surface area contributed by atoms with Gasteiger partial charge in [-0.3, -0.25) is 14.3 Å². The van der Waals surface area contributed by atoms with Gasteiger partial charge in [0.05, 0.1) is 28.3 Å². The molecule has 0 aliphatic carbocycles. The molecular weight excluding hydrogens is 452 g/mol. The molecule has 1 aliphatic heterocycles. The smallest absolute Gasteiger partial charge is 0.266 e. The second-order valence-corrected chi connectivity index (χ2v) is 9.33. The molecule has 7 nitrogen and oxygen atoms in total. The molecule has 2 amide bonds. The average Bonchev–Trinajstić information content (AvgIpc) is 3.09. The van der Waals surface area contributed by atoms with Gasteiger partial charge in [-0.05, 0) is 55.5 Å². The van der Waals surface area contributed by atoms with Crippen LogP contribution in [0.25, 0.3) is 10.8 Å². The molecule has 0 unspecified atom stereocenters. The van der Waals surface area contributed by atoms with Crippen LogP contribution in [-0.2, 0) is 10.0 Å². The molecule has 0 spiro atoms. The highest BCUT2D eigenvalue weighted by Gasteiger charge is 2.37. The minimum absolute atomic E-state index is 0.0392. The van der Waals surface area contributed by atoms with Gasteiger partial charge in [-0.15, -0.1) is 0 Å². The molecule has 34 heavy (non-hydrogen) atoms. The summed E-state index contributed by atoms with van der Waals surface area (Å²) in [7, 11) is -3.97. The van der Waals surface area contributed by atoms with E-state index in [0.29, 0.717) is 45.6 Å². The van der Waals surface area contributed by atoms with Crippen molar-refractivity contribution < 1.29 is 22.7 Å². The van der Waals surface area contributed by atoms with Crippen LogP contribution in [0, 0.1) is 0 Å². The maximum absolute atomic E-state index is 13.3. The maximum Gasteiger partial charge on any atom is 0.266 e. The topological polar surface area (TPSA) is 92.8 Å². The van der Waals surface area contributed by atoms with Crippen LogP contribution in [0.1, 0.15) is 27.6 Å². The highest BCUT2D eigenvalue weighted by Crippen LogP contribution is 2.36. The number of hydrogen-bond donors (Lipinski definition) is 1. The summed E-state index contributed by atoms with van der Waals surface area (Å²) in [6, 6.07) is 23.0. The fourth-order valence-electron chi connectivity index (χ4n) is 4.09. The van der Waals surface area contributed by atoms with E-state index in [-0.39, 0.29) is 4.90 Å². The Morgan fingerprint density at radius 3 is 1.97 bits per heavy atom. The lowest BCUT2D eigenvalue weighted by Crippen LogP contribution is -2.29. The van der Waals surface area contributed by atoms with E-state index < -0.39 is 21.8 Å². The van der Waals surface area contributed by atoms with E-state index in [1.165, 1.54) is 12.1 Å². The number of amides is 2. The predicted molar refractivity (Wildman–Crippen MR) is 130 cm³/mol. The standard InChI is InChI=1S/C26H20N2O5S/c1-2-33-18-13-11-17(12-14-18)27-34(31,32)24-16-15-23(19-7-3-4-8-20(19)24)28-25(29)21-9-5-6-10-22(21)26(28)30/h3-16,27H,2H2,1H3. The van der Waals surface area contributed by atoms with Gasteiger partial charge in [0.2, 0.25) is 0 Å². The van der Waals surface area contributed by atoms with Crippen LogP contribution in [0.3, 0.4) is 0 Å². The number of sulfonamides is 1. The van der Waals surface area contributed by atoms with E-state index in [9.17, 15) is 18.0 Å². The van der Waals surface area contributed by atoms with Crippen LogP contribution >= 0.6 is 0 Å². The Hall–Kier alpha value is -4.17.